The zero-order chi connectivity index (χ0) is 14.7. The predicted octanol–water partition coefficient (Wildman–Crippen LogP) is 3.45. The Bertz CT molecular complexity index is 630. The van der Waals surface area contributed by atoms with Crippen LogP contribution in [-0.4, -0.2) is 26.7 Å². The van der Waals surface area contributed by atoms with E-state index in [4.69, 9.17) is 32.7 Å². The summed E-state index contributed by atoms with van der Waals surface area (Å²) < 4.78 is 17.4. The molecule has 2 aromatic rings. The molecule has 0 saturated carbocycles. The van der Waals surface area contributed by atoms with Gasteiger partial charge in [-0.1, -0.05) is 23.2 Å². The first-order chi connectivity index (χ1) is 9.52. The number of rotatable bonds is 5. The van der Waals surface area contributed by atoms with Crippen LogP contribution >= 0.6 is 23.2 Å². The standard InChI is InChI=1S/C13H13Cl2NO3S/c1-8(20(18)5-4-17)13-16-7-12(19-13)10-3-2-9(14)6-11(10)15/h2-3,6-8,17H,4-5H2,1H3/t8-,20+/m0/s1. The molecule has 1 heterocycles. The van der Waals surface area contributed by atoms with Crippen LogP contribution in [0, 0.1) is 0 Å². The van der Waals surface area contributed by atoms with Crippen LogP contribution in [0.1, 0.15) is 18.1 Å². The van der Waals surface area contributed by atoms with Crippen LogP contribution in [0.5, 0.6) is 0 Å². The number of benzene rings is 1. The van der Waals surface area contributed by atoms with E-state index in [0.717, 1.165) is 0 Å². The van der Waals surface area contributed by atoms with E-state index in [1.165, 1.54) is 6.20 Å². The van der Waals surface area contributed by atoms with Crippen molar-refractivity contribution < 1.29 is 13.7 Å². The molecule has 0 unspecified atom stereocenters. The molecule has 1 aromatic heterocycles. The lowest BCUT2D eigenvalue weighted by Gasteiger charge is -2.06. The molecule has 0 bridgehead atoms. The molecule has 1 aromatic carbocycles. The van der Waals surface area contributed by atoms with Crippen LogP contribution in [0.25, 0.3) is 11.3 Å². The van der Waals surface area contributed by atoms with Crippen molar-refractivity contribution in [1.29, 1.82) is 0 Å². The van der Waals surface area contributed by atoms with Gasteiger partial charge in [-0.3, -0.25) is 4.21 Å². The van der Waals surface area contributed by atoms with E-state index in [1.54, 1.807) is 25.1 Å². The Hall–Kier alpha value is -0.880. The summed E-state index contributed by atoms with van der Waals surface area (Å²) in [4.78, 5) is 4.13. The van der Waals surface area contributed by atoms with Gasteiger partial charge >= 0.3 is 0 Å². The first-order valence-corrected chi connectivity index (χ1v) is 8.06. The number of halogens is 2. The minimum atomic E-state index is -1.23. The Morgan fingerprint density at radius 2 is 2.20 bits per heavy atom. The highest BCUT2D eigenvalue weighted by Crippen LogP contribution is 2.32. The average molecular weight is 334 g/mol. The van der Waals surface area contributed by atoms with Crippen molar-refractivity contribution in [3.05, 3.63) is 40.3 Å². The molecule has 4 nitrogen and oxygen atoms in total. The number of aliphatic hydroxyl groups excluding tert-OH is 1. The molecule has 0 amide bonds. The molecule has 20 heavy (non-hydrogen) atoms. The fraction of sp³-hybridized carbons (Fsp3) is 0.308. The molecule has 0 radical (unpaired) electrons. The topological polar surface area (TPSA) is 63.3 Å². The van der Waals surface area contributed by atoms with E-state index in [1.807, 2.05) is 0 Å². The molecule has 0 spiro atoms. The SMILES string of the molecule is C[C@@H](c1ncc(-c2ccc(Cl)cc2Cl)o1)[S@](=O)CCO. The molecule has 0 saturated heterocycles. The first-order valence-electron chi connectivity index (χ1n) is 5.92. The maximum absolute atomic E-state index is 11.8. The normalized spacial score (nSPS) is 14.2. The van der Waals surface area contributed by atoms with Gasteiger partial charge < -0.3 is 9.52 Å². The van der Waals surface area contributed by atoms with Crippen molar-refractivity contribution in [3.8, 4) is 11.3 Å². The lowest BCUT2D eigenvalue weighted by molar-refractivity contribution is 0.321. The van der Waals surface area contributed by atoms with E-state index < -0.39 is 10.8 Å². The van der Waals surface area contributed by atoms with E-state index in [9.17, 15) is 4.21 Å². The van der Waals surface area contributed by atoms with E-state index in [2.05, 4.69) is 4.98 Å². The van der Waals surface area contributed by atoms with Gasteiger partial charge in [-0.05, 0) is 25.1 Å². The third-order valence-corrected chi connectivity index (χ3v) is 4.88. The zero-order valence-corrected chi connectivity index (χ0v) is 13.0. The maximum Gasteiger partial charge on any atom is 0.210 e. The maximum atomic E-state index is 11.8. The predicted molar refractivity (Wildman–Crippen MR) is 80.5 cm³/mol. The highest BCUT2D eigenvalue weighted by atomic mass is 35.5. The van der Waals surface area contributed by atoms with Crippen LogP contribution in [0.4, 0.5) is 0 Å². The summed E-state index contributed by atoms with van der Waals surface area (Å²) >= 11 is 11.9. The van der Waals surface area contributed by atoms with Crippen LogP contribution in [0.3, 0.4) is 0 Å². The van der Waals surface area contributed by atoms with Gasteiger partial charge in [-0.25, -0.2) is 4.98 Å². The largest absolute Gasteiger partial charge is 0.439 e. The van der Waals surface area contributed by atoms with Gasteiger partial charge in [0.05, 0.1) is 17.8 Å². The smallest absolute Gasteiger partial charge is 0.210 e. The fourth-order valence-electron chi connectivity index (χ4n) is 1.67. The second kappa shape index (κ2) is 6.72. The van der Waals surface area contributed by atoms with Gasteiger partial charge in [0.25, 0.3) is 0 Å². The summed E-state index contributed by atoms with van der Waals surface area (Å²) in [6.07, 6.45) is 1.54. The summed E-state index contributed by atoms with van der Waals surface area (Å²) in [7, 11) is -1.23. The van der Waals surface area contributed by atoms with Gasteiger partial charge in [0.2, 0.25) is 5.89 Å². The molecule has 0 fully saturated rings. The fourth-order valence-corrected chi connectivity index (χ4v) is 3.04. The molecule has 0 aliphatic rings. The van der Waals surface area contributed by atoms with E-state index in [0.29, 0.717) is 27.3 Å². The molecule has 1 N–H and O–H groups in total. The number of oxazole rings is 1. The van der Waals surface area contributed by atoms with Crippen molar-refractivity contribution in [3.63, 3.8) is 0 Å². The van der Waals surface area contributed by atoms with Crippen LogP contribution < -0.4 is 0 Å². The highest BCUT2D eigenvalue weighted by Gasteiger charge is 2.19. The minimum absolute atomic E-state index is 0.131. The van der Waals surface area contributed by atoms with Crippen molar-refractivity contribution in [2.45, 2.75) is 12.2 Å². The van der Waals surface area contributed by atoms with Gasteiger partial charge in [-0.2, -0.15) is 0 Å². The highest BCUT2D eigenvalue weighted by molar-refractivity contribution is 7.85. The Labute approximate surface area is 129 Å². The van der Waals surface area contributed by atoms with Gasteiger partial charge in [0.15, 0.2) is 5.76 Å². The van der Waals surface area contributed by atoms with Gasteiger partial charge in [-0.15, -0.1) is 0 Å². The van der Waals surface area contributed by atoms with Crippen LogP contribution in [0.15, 0.2) is 28.8 Å². The molecule has 7 heteroatoms. The van der Waals surface area contributed by atoms with Crippen molar-refractivity contribution in [1.82, 2.24) is 4.98 Å². The number of nitrogens with zero attached hydrogens (tertiary/aromatic N) is 1. The molecule has 2 atom stereocenters. The third kappa shape index (κ3) is 3.41. The van der Waals surface area contributed by atoms with Crippen molar-refractivity contribution >= 4 is 34.0 Å². The lowest BCUT2D eigenvalue weighted by Crippen LogP contribution is -2.09. The van der Waals surface area contributed by atoms with E-state index in [-0.39, 0.29) is 17.6 Å². The second-order valence-electron chi connectivity index (χ2n) is 4.14. The molecule has 2 rings (SSSR count). The zero-order valence-electron chi connectivity index (χ0n) is 10.7. The molecule has 0 aliphatic heterocycles. The monoisotopic (exact) mass is 333 g/mol. The lowest BCUT2D eigenvalue weighted by atomic mass is 10.2. The Morgan fingerprint density at radius 3 is 2.85 bits per heavy atom. The Kier molecular flexibility index (Phi) is 5.21. The Morgan fingerprint density at radius 1 is 1.45 bits per heavy atom. The molecule has 108 valence electrons. The summed E-state index contributed by atoms with van der Waals surface area (Å²) in [5, 5.41) is 9.42. The number of hydrogen-bond acceptors (Lipinski definition) is 4. The summed E-state index contributed by atoms with van der Waals surface area (Å²) in [6, 6.07) is 5.07. The average Bonchev–Trinajstić information content (AvgIpc) is 2.87. The quantitative estimate of drug-likeness (QED) is 0.910. The van der Waals surface area contributed by atoms with Crippen molar-refractivity contribution in [2.24, 2.45) is 0 Å². The van der Waals surface area contributed by atoms with Crippen molar-refractivity contribution in [2.75, 3.05) is 12.4 Å². The number of aliphatic hydroxyl groups is 1. The minimum Gasteiger partial charge on any atom is -0.439 e. The molecule has 0 aliphatic carbocycles. The van der Waals surface area contributed by atoms with Crippen LogP contribution in [-0.2, 0) is 10.8 Å². The van der Waals surface area contributed by atoms with Gasteiger partial charge in [0.1, 0.15) is 5.25 Å². The third-order valence-electron chi connectivity index (χ3n) is 2.75. The second-order valence-corrected chi connectivity index (χ2v) is 6.86. The Balaban J connectivity index is 2.26. The van der Waals surface area contributed by atoms with Crippen LogP contribution in [0.2, 0.25) is 10.0 Å². The molecular formula is C13H13Cl2NO3S. The first kappa shape index (κ1) is 15.5. The summed E-state index contributed by atoms with van der Waals surface area (Å²) in [5.41, 5.74) is 0.676. The van der Waals surface area contributed by atoms with Gasteiger partial charge in [0, 0.05) is 27.1 Å². The summed E-state index contributed by atoms with van der Waals surface area (Å²) in [6.45, 7) is 1.61. The number of aromatic nitrogens is 1. The molecular weight excluding hydrogens is 321 g/mol. The number of hydrogen-bond donors (Lipinski definition) is 1. The summed E-state index contributed by atoms with van der Waals surface area (Å²) in [5.74, 6) is 1.05. The van der Waals surface area contributed by atoms with E-state index >= 15 is 0 Å².